The van der Waals surface area contributed by atoms with E-state index in [2.05, 4.69) is 0 Å². The molecule has 3 heterocycles. The molecule has 0 aromatic heterocycles. The summed E-state index contributed by atoms with van der Waals surface area (Å²) in [6, 6.07) is 14.6. The number of hydrogen-bond donors (Lipinski definition) is 0. The Morgan fingerprint density at radius 1 is 1.03 bits per heavy atom. The Balaban J connectivity index is 1.69. The first kappa shape index (κ1) is 25.9. The molecule has 0 radical (unpaired) electrons. The van der Waals surface area contributed by atoms with Crippen LogP contribution in [0.5, 0.6) is 11.5 Å². The first-order valence-corrected chi connectivity index (χ1v) is 13.6. The second kappa shape index (κ2) is 11.3. The van der Waals surface area contributed by atoms with E-state index >= 15 is 0 Å². The van der Waals surface area contributed by atoms with E-state index in [1.807, 2.05) is 63.7 Å². The SMILES string of the molecule is CCOC(=O)C1=C(c2ccccc2)N=C2SC=C(CC(=O)N3CCCC3)N2[C@@H]1c1cccc(OC)c1OC. The maximum atomic E-state index is 13.7. The average Bonchev–Trinajstić information content (AvgIpc) is 3.63. The van der Waals surface area contributed by atoms with E-state index in [1.165, 1.54) is 11.8 Å². The number of thioether (sulfide) groups is 1. The predicted octanol–water partition coefficient (Wildman–Crippen LogP) is 4.99. The standard InChI is InChI=1S/C29H31N3O5S/c1-4-37-28(34)24-25(19-11-6-5-7-12-19)30-29-32(20(18-38-29)17-23(33)31-15-8-9-16-31)26(24)21-13-10-14-22(35-2)27(21)36-3/h5-7,10-14,18,26H,4,8-9,15-17H2,1-3H3/t26-/m1/s1. The lowest BCUT2D eigenvalue weighted by Gasteiger charge is -2.37. The smallest absolute Gasteiger partial charge is 0.338 e. The number of rotatable bonds is 8. The van der Waals surface area contributed by atoms with Gasteiger partial charge in [-0.1, -0.05) is 54.2 Å². The molecule has 38 heavy (non-hydrogen) atoms. The monoisotopic (exact) mass is 533 g/mol. The lowest BCUT2D eigenvalue weighted by molar-refractivity contribution is -0.139. The van der Waals surface area contributed by atoms with Gasteiger partial charge in [-0.2, -0.15) is 0 Å². The van der Waals surface area contributed by atoms with Gasteiger partial charge in [-0.05, 0) is 31.2 Å². The summed E-state index contributed by atoms with van der Waals surface area (Å²) in [5, 5.41) is 2.65. The van der Waals surface area contributed by atoms with Gasteiger partial charge in [0.05, 0.1) is 44.6 Å². The Bertz CT molecular complexity index is 1310. The van der Waals surface area contributed by atoms with Crippen molar-refractivity contribution in [1.82, 2.24) is 9.80 Å². The molecule has 3 aliphatic rings. The van der Waals surface area contributed by atoms with Crippen LogP contribution in [0, 0.1) is 0 Å². The van der Waals surface area contributed by atoms with E-state index in [0.29, 0.717) is 27.9 Å². The van der Waals surface area contributed by atoms with Crippen molar-refractivity contribution in [1.29, 1.82) is 0 Å². The number of esters is 1. The molecule has 1 amide bonds. The molecule has 3 aliphatic heterocycles. The van der Waals surface area contributed by atoms with Crippen LogP contribution in [0.4, 0.5) is 0 Å². The second-order valence-electron chi connectivity index (χ2n) is 9.09. The maximum Gasteiger partial charge on any atom is 0.338 e. The minimum absolute atomic E-state index is 0.0717. The average molecular weight is 534 g/mol. The molecule has 0 bridgehead atoms. The zero-order chi connectivity index (χ0) is 26.6. The Kier molecular flexibility index (Phi) is 7.74. The largest absolute Gasteiger partial charge is 0.493 e. The van der Waals surface area contributed by atoms with Crippen LogP contribution in [0.15, 0.2) is 70.2 Å². The molecule has 1 atom stereocenters. The summed E-state index contributed by atoms with van der Waals surface area (Å²) >= 11 is 1.45. The quantitative estimate of drug-likeness (QED) is 0.442. The number of aliphatic imine (C=N–C) groups is 1. The van der Waals surface area contributed by atoms with Gasteiger partial charge >= 0.3 is 5.97 Å². The lowest BCUT2D eigenvalue weighted by Crippen LogP contribution is -2.38. The van der Waals surface area contributed by atoms with Crippen molar-refractivity contribution in [2.75, 3.05) is 33.9 Å². The highest BCUT2D eigenvalue weighted by Gasteiger charge is 2.44. The molecule has 1 fully saturated rings. The highest BCUT2D eigenvalue weighted by molar-refractivity contribution is 8.16. The summed E-state index contributed by atoms with van der Waals surface area (Å²) < 4.78 is 17.0. The van der Waals surface area contributed by atoms with Crippen LogP contribution in [0.25, 0.3) is 5.70 Å². The number of fused-ring (bicyclic) bond motifs is 1. The number of para-hydroxylation sites is 1. The molecule has 5 rings (SSSR count). The highest BCUT2D eigenvalue weighted by Crippen LogP contribution is 2.50. The predicted molar refractivity (Wildman–Crippen MR) is 148 cm³/mol. The molecule has 0 unspecified atom stereocenters. The number of likely N-dealkylation sites (tertiary alicyclic amines) is 1. The van der Waals surface area contributed by atoms with Crippen molar-refractivity contribution in [3.8, 4) is 11.5 Å². The summed E-state index contributed by atoms with van der Waals surface area (Å²) in [7, 11) is 3.16. The van der Waals surface area contributed by atoms with Crippen molar-refractivity contribution in [2.24, 2.45) is 4.99 Å². The summed E-state index contributed by atoms with van der Waals surface area (Å²) in [5.41, 5.74) is 3.23. The summed E-state index contributed by atoms with van der Waals surface area (Å²) in [4.78, 5) is 35.8. The lowest BCUT2D eigenvalue weighted by atomic mass is 9.90. The molecule has 2 aromatic carbocycles. The number of carbonyl (C=O) groups excluding carboxylic acids is 2. The topological polar surface area (TPSA) is 80.7 Å². The van der Waals surface area contributed by atoms with E-state index in [0.717, 1.165) is 42.8 Å². The van der Waals surface area contributed by atoms with E-state index in [1.54, 1.807) is 21.1 Å². The summed E-state index contributed by atoms with van der Waals surface area (Å²) in [5.74, 6) is 0.662. The van der Waals surface area contributed by atoms with Gasteiger partial charge in [0.15, 0.2) is 16.7 Å². The number of ether oxygens (including phenoxy) is 3. The molecular formula is C29H31N3O5S. The summed E-state index contributed by atoms with van der Waals surface area (Å²) in [6.45, 7) is 3.55. The van der Waals surface area contributed by atoms with Crippen molar-refractivity contribution in [3.63, 3.8) is 0 Å². The van der Waals surface area contributed by atoms with Crippen LogP contribution >= 0.6 is 11.8 Å². The van der Waals surface area contributed by atoms with Gasteiger partial charge in [0.25, 0.3) is 0 Å². The van der Waals surface area contributed by atoms with Gasteiger partial charge in [0.1, 0.15) is 0 Å². The fourth-order valence-electron chi connectivity index (χ4n) is 5.14. The van der Waals surface area contributed by atoms with Gasteiger partial charge < -0.3 is 24.0 Å². The molecule has 0 N–H and O–H groups in total. The number of hydrogen-bond acceptors (Lipinski definition) is 8. The molecular weight excluding hydrogens is 502 g/mol. The number of benzene rings is 2. The summed E-state index contributed by atoms with van der Waals surface area (Å²) in [6.07, 6.45) is 2.26. The fraction of sp³-hybridized carbons (Fsp3) is 0.345. The van der Waals surface area contributed by atoms with Crippen LogP contribution in [-0.2, 0) is 14.3 Å². The molecule has 8 nitrogen and oxygen atoms in total. The molecule has 1 saturated heterocycles. The van der Waals surface area contributed by atoms with Crippen molar-refractivity contribution >= 4 is 34.5 Å². The van der Waals surface area contributed by atoms with E-state index in [-0.39, 0.29) is 18.9 Å². The van der Waals surface area contributed by atoms with Crippen molar-refractivity contribution < 1.29 is 23.8 Å². The van der Waals surface area contributed by atoms with Crippen LogP contribution < -0.4 is 9.47 Å². The Morgan fingerprint density at radius 2 is 1.79 bits per heavy atom. The minimum Gasteiger partial charge on any atom is -0.493 e. The third-order valence-electron chi connectivity index (χ3n) is 6.87. The number of methoxy groups -OCH3 is 2. The Morgan fingerprint density at radius 3 is 2.47 bits per heavy atom. The zero-order valence-corrected chi connectivity index (χ0v) is 22.6. The number of carbonyl (C=O) groups is 2. The molecule has 198 valence electrons. The number of amides is 1. The number of nitrogens with zero attached hydrogens (tertiary/aromatic N) is 3. The normalized spacial score (nSPS) is 18.7. The highest BCUT2D eigenvalue weighted by atomic mass is 32.2. The molecule has 0 saturated carbocycles. The number of amidine groups is 1. The van der Waals surface area contributed by atoms with Crippen molar-refractivity contribution in [2.45, 2.75) is 32.2 Å². The first-order chi connectivity index (χ1) is 18.6. The van der Waals surface area contributed by atoms with Crippen LogP contribution in [-0.4, -0.2) is 60.8 Å². The van der Waals surface area contributed by atoms with Gasteiger partial charge in [0.2, 0.25) is 5.91 Å². The van der Waals surface area contributed by atoms with Gasteiger partial charge in [-0.25, -0.2) is 9.79 Å². The zero-order valence-electron chi connectivity index (χ0n) is 21.8. The van der Waals surface area contributed by atoms with Crippen LogP contribution in [0.2, 0.25) is 0 Å². The van der Waals surface area contributed by atoms with Gasteiger partial charge in [-0.3, -0.25) is 4.79 Å². The Hall–Kier alpha value is -3.72. The second-order valence-corrected chi connectivity index (χ2v) is 9.93. The molecule has 0 aliphatic carbocycles. The third-order valence-corrected chi connectivity index (χ3v) is 7.76. The first-order valence-electron chi connectivity index (χ1n) is 12.8. The minimum atomic E-state index is -0.644. The van der Waals surface area contributed by atoms with Crippen molar-refractivity contribution in [3.05, 3.63) is 76.3 Å². The molecule has 2 aromatic rings. The van der Waals surface area contributed by atoms with E-state index in [4.69, 9.17) is 19.2 Å². The third kappa shape index (κ3) is 4.78. The van der Waals surface area contributed by atoms with E-state index < -0.39 is 12.0 Å². The Labute approximate surface area is 226 Å². The van der Waals surface area contributed by atoms with Gasteiger partial charge in [0, 0.05) is 29.9 Å². The fourth-order valence-corrected chi connectivity index (χ4v) is 6.06. The molecule has 0 spiro atoms. The van der Waals surface area contributed by atoms with E-state index in [9.17, 15) is 9.59 Å². The van der Waals surface area contributed by atoms with Crippen LogP contribution in [0.3, 0.4) is 0 Å². The molecule has 9 heteroatoms. The maximum absolute atomic E-state index is 13.7. The van der Waals surface area contributed by atoms with Gasteiger partial charge in [-0.15, -0.1) is 0 Å². The van der Waals surface area contributed by atoms with Crippen LogP contribution in [0.1, 0.15) is 43.4 Å².